The zero-order valence-electron chi connectivity index (χ0n) is 15.7. The van der Waals surface area contributed by atoms with Gasteiger partial charge in [0.15, 0.2) is 0 Å². The van der Waals surface area contributed by atoms with E-state index < -0.39 is 0 Å². The molecule has 1 aliphatic carbocycles. The summed E-state index contributed by atoms with van der Waals surface area (Å²) in [7, 11) is 0. The number of hydrogen-bond acceptors (Lipinski definition) is 3. The molecular formula is C20H32N4O. The second-order valence-electron chi connectivity index (χ2n) is 7.62. The highest BCUT2D eigenvalue weighted by Gasteiger charge is 2.25. The minimum absolute atomic E-state index is 0.117. The summed E-state index contributed by atoms with van der Waals surface area (Å²) < 4.78 is 0. The van der Waals surface area contributed by atoms with Gasteiger partial charge in [0, 0.05) is 49.8 Å². The smallest absolute Gasteiger partial charge is 0.317 e. The summed E-state index contributed by atoms with van der Waals surface area (Å²) in [6, 6.07) is 4.59. The van der Waals surface area contributed by atoms with Crippen LogP contribution in [0, 0.1) is 12.8 Å². The third-order valence-corrected chi connectivity index (χ3v) is 5.74. The van der Waals surface area contributed by atoms with Crippen molar-refractivity contribution < 1.29 is 4.79 Å². The molecule has 5 nitrogen and oxygen atoms in total. The molecule has 0 unspecified atom stereocenters. The third kappa shape index (κ3) is 4.86. The maximum Gasteiger partial charge on any atom is 0.317 e. The summed E-state index contributed by atoms with van der Waals surface area (Å²) in [5, 5.41) is 3.27. The van der Waals surface area contributed by atoms with E-state index in [1.54, 1.807) is 0 Å². The molecule has 0 bridgehead atoms. The van der Waals surface area contributed by atoms with Crippen LogP contribution in [0.2, 0.25) is 0 Å². The van der Waals surface area contributed by atoms with Crippen molar-refractivity contribution in [2.24, 2.45) is 5.92 Å². The first-order chi connectivity index (χ1) is 12.1. The number of urea groups is 1. The average molecular weight is 345 g/mol. The molecule has 1 aromatic heterocycles. The molecular weight excluding hydrogens is 312 g/mol. The van der Waals surface area contributed by atoms with E-state index in [0.717, 1.165) is 38.3 Å². The Balaban J connectivity index is 1.52. The number of hydrogen-bond donors (Lipinski definition) is 1. The molecule has 5 heteroatoms. The predicted molar refractivity (Wildman–Crippen MR) is 102 cm³/mol. The number of nitrogens with zero attached hydrogens (tertiary/aromatic N) is 3. The van der Waals surface area contributed by atoms with Gasteiger partial charge >= 0.3 is 6.03 Å². The Morgan fingerprint density at radius 2 is 1.96 bits per heavy atom. The zero-order valence-corrected chi connectivity index (χ0v) is 15.7. The van der Waals surface area contributed by atoms with Crippen molar-refractivity contribution in [1.82, 2.24) is 15.2 Å². The predicted octanol–water partition coefficient (Wildman–Crippen LogP) is 3.58. The molecule has 2 aliphatic rings. The van der Waals surface area contributed by atoms with E-state index in [0.29, 0.717) is 5.92 Å². The van der Waals surface area contributed by atoms with E-state index >= 15 is 0 Å². The Morgan fingerprint density at radius 1 is 1.16 bits per heavy atom. The summed E-state index contributed by atoms with van der Waals surface area (Å²) in [4.78, 5) is 21.3. The standard InChI is InChI=1S/C20H32N4O/c1-16-15-19(9-10-21-16)23-11-6-12-24(14-13-23)20(25)22-17(2)18-7-4-3-5-8-18/h9-10,15,17-18H,3-8,11-14H2,1-2H3,(H,22,25)/t17-/m0/s1. The van der Waals surface area contributed by atoms with E-state index in [1.165, 1.54) is 37.8 Å². The fourth-order valence-electron chi connectivity index (χ4n) is 4.14. The number of aryl methyl sites for hydroxylation is 1. The first-order valence-electron chi connectivity index (χ1n) is 9.86. The molecule has 1 N–H and O–H groups in total. The van der Waals surface area contributed by atoms with Gasteiger partial charge < -0.3 is 15.1 Å². The quantitative estimate of drug-likeness (QED) is 0.912. The SMILES string of the molecule is Cc1cc(N2CCCN(C(=O)N[C@@H](C)C3CCCCC3)CC2)ccn1. The van der Waals surface area contributed by atoms with Crippen molar-refractivity contribution in [3.8, 4) is 0 Å². The van der Waals surface area contributed by atoms with E-state index in [9.17, 15) is 4.79 Å². The molecule has 1 saturated carbocycles. The van der Waals surface area contributed by atoms with Crippen molar-refractivity contribution in [2.45, 2.75) is 58.4 Å². The van der Waals surface area contributed by atoms with Crippen molar-refractivity contribution in [1.29, 1.82) is 0 Å². The highest BCUT2D eigenvalue weighted by molar-refractivity contribution is 5.74. The van der Waals surface area contributed by atoms with E-state index in [1.807, 2.05) is 18.0 Å². The molecule has 0 aromatic carbocycles. The van der Waals surface area contributed by atoms with Crippen molar-refractivity contribution in [2.75, 3.05) is 31.1 Å². The lowest BCUT2D eigenvalue weighted by molar-refractivity contribution is 0.188. The largest absolute Gasteiger partial charge is 0.370 e. The second kappa shape index (κ2) is 8.54. The van der Waals surface area contributed by atoms with Gasteiger partial charge in [-0.3, -0.25) is 4.98 Å². The summed E-state index contributed by atoms with van der Waals surface area (Å²) >= 11 is 0. The van der Waals surface area contributed by atoms with Gasteiger partial charge in [-0.25, -0.2) is 4.79 Å². The average Bonchev–Trinajstić information content (AvgIpc) is 2.88. The monoisotopic (exact) mass is 344 g/mol. The van der Waals surface area contributed by atoms with Crippen LogP contribution in [0.4, 0.5) is 10.5 Å². The minimum atomic E-state index is 0.117. The molecule has 1 atom stereocenters. The molecule has 2 fully saturated rings. The van der Waals surface area contributed by atoms with Crippen LogP contribution >= 0.6 is 0 Å². The molecule has 0 spiro atoms. The van der Waals surface area contributed by atoms with E-state index in [2.05, 4.69) is 34.3 Å². The molecule has 138 valence electrons. The Morgan fingerprint density at radius 3 is 2.72 bits per heavy atom. The van der Waals surface area contributed by atoms with Crippen LogP contribution in [0.25, 0.3) is 0 Å². The van der Waals surface area contributed by atoms with Crippen LogP contribution < -0.4 is 10.2 Å². The number of carbonyl (C=O) groups is 1. The fraction of sp³-hybridized carbons (Fsp3) is 0.700. The van der Waals surface area contributed by atoms with Gasteiger partial charge in [-0.15, -0.1) is 0 Å². The van der Waals surface area contributed by atoms with Crippen molar-refractivity contribution in [3.05, 3.63) is 24.0 Å². The maximum absolute atomic E-state index is 12.7. The summed E-state index contributed by atoms with van der Waals surface area (Å²) in [6.45, 7) is 7.69. The zero-order chi connectivity index (χ0) is 17.6. The molecule has 1 aromatic rings. The molecule has 2 heterocycles. The lowest BCUT2D eigenvalue weighted by Gasteiger charge is -2.30. The number of carbonyl (C=O) groups excluding carboxylic acids is 1. The second-order valence-corrected chi connectivity index (χ2v) is 7.62. The highest BCUT2D eigenvalue weighted by atomic mass is 16.2. The Bertz CT molecular complexity index is 571. The number of aromatic nitrogens is 1. The van der Waals surface area contributed by atoms with E-state index in [4.69, 9.17) is 0 Å². The van der Waals surface area contributed by atoms with Gasteiger partial charge in [0.1, 0.15) is 0 Å². The van der Waals surface area contributed by atoms with Gasteiger partial charge in [-0.1, -0.05) is 19.3 Å². The molecule has 25 heavy (non-hydrogen) atoms. The molecule has 0 radical (unpaired) electrons. The normalized spacial score (nSPS) is 20.9. The van der Waals surface area contributed by atoms with Crippen molar-refractivity contribution >= 4 is 11.7 Å². The first kappa shape index (κ1) is 18.0. The van der Waals surface area contributed by atoms with E-state index in [-0.39, 0.29) is 12.1 Å². The highest BCUT2D eigenvalue weighted by Crippen LogP contribution is 2.26. The van der Waals surface area contributed by atoms with Crippen molar-refractivity contribution in [3.63, 3.8) is 0 Å². The molecule has 3 rings (SSSR count). The number of nitrogens with one attached hydrogen (secondary N) is 1. The van der Waals surface area contributed by atoms with Crippen LogP contribution in [0.5, 0.6) is 0 Å². The Labute approximate surface area is 151 Å². The maximum atomic E-state index is 12.7. The number of anilines is 1. The molecule has 1 aliphatic heterocycles. The fourth-order valence-corrected chi connectivity index (χ4v) is 4.14. The number of rotatable bonds is 3. The topological polar surface area (TPSA) is 48.5 Å². The summed E-state index contributed by atoms with van der Waals surface area (Å²) in [5.41, 5.74) is 2.25. The van der Waals surface area contributed by atoms with Crippen LogP contribution in [-0.2, 0) is 0 Å². The van der Waals surface area contributed by atoms with Gasteiger partial charge in [-0.05, 0) is 51.2 Å². The summed E-state index contributed by atoms with van der Waals surface area (Å²) in [6.07, 6.45) is 9.38. The van der Waals surface area contributed by atoms with Crippen LogP contribution in [0.1, 0.15) is 51.1 Å². The third-order valence-electron chi connectivity index (χ3n) is 5.74. The van der Waals surface area contributed by atoms with Gasteiger partial charge in [0.2, 0.25) is 0 Å². The van der Waals surface area contributed by atoms with Gasteiger partial charge in [0.25, 0.3) is 0 Å². The van der Waals surface area contributed by atoms with Crippen LogP contribution in [0.3, 0.4) is 0 Å². The van der Waals surface area contributed by atoms with Crippen LogP contribution in [0.15, 0.2) is 18.3 Å². The van der Waals surface area contributed by atoms with Crippen LogP contribution in [-0.4, -0.2) is 48.1 Å². The lowest BCUT2D eigenvalue weighted by atomic mass is 9.84. The number of amides is 2. The summed E-state index contributed by atoms with van der Waals surface area (Å²) in [5.74, 6) is 0.654. The first-order valence-corrected chi connectivity index (χ1v) is 9.86. The molecule has 2 amide bonds. The Kier molecular flexibility index (Phi) is 6.16. The Hall–Kier alpha value is -1.78. The lowest BCUT2D eigenvalue weighted by Crippen LogP contribution is -2.47. The molecule has 1 saturated heterocycles. The van der Waals surface area contributed by atoms with Gasteiger partial charge in [-0.2, -0.15) is 0 Å². The van der Waals surface area contributed by atoms with Gasteiger partial charge in [0.05, 0.1) is 0 Å². The number of pyridine rings is 1. The minimum Gasteiger partial charge on any atom is -0.370 e.